The van der Waals surface area contributed by atoms with Gasteiger partial charge in [-0.1, -0.05) is 22.9 Å². The first-order chi connectivity index (χ1) is 10.6. The number of aliphatic carboxylic acids is 1. The first kappa shape index (κ1) is 16.0. The molecule has 1 aromatic carbocycles. The molecule has 0 radical (unpaired) electrons. The number of carboxylic acid groups (broad SMARTS) is 1. The van der Waals surface area contributed by atoms with Crippen molar-refractivity contribution in [2.45, 2.75) is 39.7 Å². The van der Waals surface area contributed by atoms with Gasteiger partial charge in [0.15, 0.2) is 0 Å². The van der Waals surface area contributed by atoms with Crippen molar-refractivity contribution in [1.82, 2.24) is 15.0 Å². The second-order valence-electron chi connectivity index (χ2n) is 5.25. The highest BCUT2D eigenvalue weighted by Crippen LogP contribution is 2.12. The van der Waals surface area contributed by atoms with E-state index in [1.54, 1.807) is 4.68 Å². The molecule has 22 heavy (non-hydrogen) atoms. The van der Waals surface area contributed by atoms with Crippen molar-refractivity contribution in [3.05, 3.63) is 41.2 Å². The van der Waals surface area contributed by atoms with E-state index in [1.165, 1.54) is 5.56 Å². The van der Waals surface area contributed by atoms with Gasteiger partial charge in [-0.15, -0.1) is 5.10 Å². The Balaban J connectivity index is 1.77. The van der Waals surface area contributed by atoms with Crippen molar-refractivity contribution in [1.29, 1.82) is 0 Å². The quantitative estimate of drug-likeness (QED) is 0.758. The highest BCUT2D eigenvalue weighted by atomic mass is 16.5. The Bertz CT molecular complexity index is 620. The van der Waals surface area contributed by atoms with Crippen LogP contribution in [0.3, 0.4) is 0 Å². The van der Waals surface area contributed by atoms with Crippen molar-refractivity contribution >= 4 is 5.97 Å². The average Bonchev–Trinajstić information content (AvgIpc) is 2.84. The van der Waals surface area contributed by atoms with E-state index < -0.39 is 5.97 Å². The molecule has 0 unspecified atom stereocenters. The molecule has 0 aliphatic carbocycles. The average molecular weight is 303 g/mol. The van der Waals surface area contributed by atoms with E-state index in [4.69, 9.17) is 9.84 Å². The zero-order valence-corrected chi connectivity index (χ0v) is 13.0. The molecular weight excluding hydrogens is 282 g/mol. The summed E-state index contributed by atoms with van der Waals surface area (Å²) in [4.78, 5) is 10.6. The molecule has 1 N–H and O–H groups in total. The SMILES string of the molecule is Cc1ccc(OCCCn2nnc(CCC(=O)O)c2C)cc1. The van der Waals surface area contributed by atoms with Crippen LogP contribution in [0.4, 0.5) is 0 Å². The van der Waals surface area contributed by atoms with Gasteiger partial charge in [0.25, 0.3) is 0 Å². The van der Waals surface area contributed by atoms with Crippen LogP contribution < -0.4 is 4.74 Å². The highest BCUT2D eigenvalue weighted by Gasteiger charge is 2.09. The van der Waals surface area contributed by atoms with Crippen molar-refractivity contribution < 1.29 is 14.6 Å². The lowest BCUT2D eigenvalue weighted by Gasteiger charge is -2.07. The van der Waals surface area contributed by atoms with Crippen molar-refractivity contribution in [2.75, 3.05) is 6.61 Å². The predicted octanol–water partition coefficient (Wildman–Crippen LogP) is 2.38. The Morgan fingerprint density at radius 2 is 2.00 bits per heavy atom. The lowest BCUT2D eigenvalue weighted by Crippen LogP contribution is -2.08. The molecule has 0 spiro atoms. The Kier molecular flexibility index (Phi) is 5.52. The maximum absolute atomic E-state index is 10.6. The van der Waals surface area contributed by atoms with E-state index >= 15 is 0 Å². The monoisotopic (exact) mass is 303 g/mol. The lowest BCUT2D eigenvalue weighted by molar-refractivity contribution is -0.136. The topological polar surface area (TPSA) is 77.2 Å². The number of carboxylic acids is 1. The fraction of sp³-hybridized carbons (Fsp3) is 0.438. The van der Waals surface area contributed by atoms with Crippen LogP contribution in [-0.4, -0.2) is 32.7 Å². The van der Waals surface area contributed by atoms with Crippen LogP contribution >= 0.6 is 0 Å². The summed E-state index contributed by atoms with van der Waals surface area (Å²) in [5.74, 6) is 0.0449. The van der Waals surface area contributed by atoms with E-state index in [-0.39, 0.29) is 6.42 Å². The number of ether oxygens (including phenoxy) is 1. The summed E-state index contributed by atoms with van der Waals surface area (Å²) in [7, 11) is 0. The predicted molar refractivity (Wildman–Crippen MR) is 82.0 cm³/mol. The van der Waals surface area contributed by atoms with E-state index in [9.17, 15) is 4.79 Å². The number of benzene rings is 1. The third kappa shape index (κ3) is 4.58. The molecule has 0 atom stereocenters. The maximum atomic E-state index is 10.6. The molecule has 0 fully saturated rings. The number of aromatic nitrogens is 3. The van der Waals surface area contributed by atoms with Crippen LogP contribution in [0.5, 0.6) is 5.75 Å². The standard InChI is InChI=1S/C16H21N3O3/c1-12-4-6-14(7-5-12)22-11-3-10-19-13(2)15(17-18-19)8-9-16(20)21/h4-7H,3,8-11H2,1-2H3,(H,20,21). The zero-order chi connectivity index (χ0) is 15.9. The minimum atomic E-state index is -0.819. The summed E-state index contributed by atoms with van der Waals surface area (Å²) in [6.07, 6.45) is 1.31. The summed E-state index contributed by atoms with van der Waals surface area (Å²) in [6.45, 7) is 5.27. The summed E-state index contributed by atoms with van der Waals surface area (Å²) < 4.78 is 7.47. The Morgan fingerprint density at radius 1 is 1.27 bits per heavy atom. The number of hydrogen-bond acceptors (Lipinski definition) is 4. The smallest absolute Gasteiger partial charge is 0.303 e. The zero-order valence-electron chi connectivity index (χ0n) is 13.0. The maximum Gasteiger partial charge on any atom is 0.303 e. The molecule has 0 bridgehead atoms. The van der Waals surface area contributed by atoms with Crippen molar-refractivity contribution in [2.24, 2.45) is 0 Å². The van der Waals surface area contributed by atoms with Gasteiger partial charge >= 0.3 is 5.97 Å². The summed E-state index contributed by atoms with van der Waals surface area (Å²) in [5, 5.41) is 16.8. The molecule has 0 aliphatic heterocycles. The van der Waals surface area contributed by atoms with E-state index in [0.29, 0.717) is 19.6 Å². The molecule has 1 aromatic heterocycles. The van der Waals surface area contributed by atoms with Gasteiger partial charge in [-0.05, 0) is 26.0 Å². The van der Waals surface area contributed by atoms with Gasteiger partial charge in [0, 0.05) is 19.4 Å². The molecule has 1 heterocycles. The highest BCUT2D eigenvalue weighted by molar-refractivity contribution is 5.67. The van der Waals surface area contributed by atoms with Gasteiger partial charge in [-0.3, -0.25) is 4.79 Å². The number of nitrogens with zero attached hydrogens (tertiary/aromatic N) is 3. The lowest BCUT2D eigenvalue weighted by atomic mass is 10.2. The van der Waals surface area contributed by atoms with Crippen molar-refractivity contribution in [3.63, 3.8) is 0 Å². The Hall–Kier alpha value is -2.37. The largest absolute Gasteiger partial charge is 0.494 e. The van der Waals surface area contributed by atoms with Crippen LogP contribution in [-0.2, 0) is 17.8 Å². The third-order valence-corrected chi connectivity index (χ3v) is 3.46. The molecule has 0 aliphatic rings. The second-order valence-corrected chi connectivity index (χ2v) is 5.25. The van der Waals surface area contributed by atoms with E-state index in [0.717, 1.165) is 23.6 Å². The molecule has 0 saturated heterocycles. The number of carbonyl (C=O) groups is 1. The number of rotatable bonds is 8. The van der Waals surface area contributed by atoms with Gasteiger partial charge in [0.05, 0.1) is 24.4 Å². The van der Waals surface area contributed by atoms with Crippen LogP contribution in [0.15, 0.2) is 24.3 Å². The minimum absolute atomic E-state index is 0.0794. The summed E-state index contributed by atoms with van der Waals surface area (Å²) in [5.41, 5.74) is 2.89. The second kappa shape index (κ2) is 7.59. The van der Waals surface area contributed by atoms with E-state index in [2.05, 4.69) is 10.3 Å². The van der Waals surface area contributed by atoms with Gasteiger partial charge in [-0.25, -0.2) is 4.68 Å². The van der Waals surface area contributed by atoms with Crippen LogP contribution in [0.1, 0.15) is 29.8 Å². The first-order valence-corrected chi connectivity index (χ1v) is 7.36. The van der Waals surface area contributed by atoms with Gasteiger partial charge in [-0.2, -0.15) is 0 Å². The van der Waals surface area contributed by atoms with Crippen LogP contribution in [0.25, 0.3) is 0 Å². The Morgan fingerprint density at radius 3 is 2.68 bits per heavy atom. The molecule has 2 aromatic rings. The fourth-order valence-corrected chi connectivity index (χ4v) is 2.10. The van der Waals surface area contributed by atoms with Gasteiger partial charge in [0.2, 0.25) is 0 Å². The number of aryl methyl sites for hydroxylation is 3. The molecular formula is C16H21N3O3. The van der Waals surface area contributed by atoms with Crippen molar-refractivity contribution in [3.8, 4) is 5.75 Å². The summed E-state index contributed by atoms with van der Waals surface area (Å²) in [6, 6.07) is 7.96. The van der Waals surface area contributed by atoms with Crippen LogP contribution in [0.2, 0.25) is 0 Å². The first-order valence-electron chi connectivity index (χ1n) is 7.36. The number of hydrogen-bond donors (Lipinski definition) is 1. The Labute approximate surface area is 129 Å². The van der Waals surface area contributed by atoms with E-state index in [1.807, 2.05) is 38.1 Å². The molecule has 118 valence electrons. The molecule has 0 saturated carbocycles. The summed E-state index contributed by atoms with van der Waals surface area (Å²) >= 11 is 0. The normalized spacial score (nSPS) is 10.6. The molecule has 6 heteroatoms. The molecule has 0 amide bonds. The minimum Gasteiger partial charge on any atom is -0.494 e. The van der Waals surface area contributed by atoms with Gasteiger partial charge < -0.3 is 9.84 Å². The third-order valence-electron chi connectivity index (χ3n) is 3.46. The molecule has 6 nitrogen and oxygen atoms in total. The van der Waals surface area contributed by atoms with Crippen LogP contribution in [0, 0.1) is 13.8 Å². The fourth-order valence-electron chi connectivity index (χ4n) is 2.10. The molecule has 2 rings (SSSR count). The van der Waals surface area contributed by atoms with Gasteiger partial charge in [0.1, 0.15) is 5.75 Å².